The molecule has 1 fully saturated rings. The number of nitrogens with one attached hydrogen (secondary N) is 1. The fourth-order valence-electron chi connectivity index (χ4n) is 1.87. The normalized spacial score (nSPS) is 27.9. The van der Waals surface area contributed by atoms with Crippen molar-refractivity contribution in [3.05, 3.63) is 20.8 Å². The maximum Gasteiger partial charge on any atom is 0.0820 e. The van der Waals surface area contributed by atoms with E-state index in [9.17, 15) is 5.11 Å². The van der Waals surface area contributed by atoms with Gasteiger partial charge >= 0.3 is 0 Å². The molecule has 1 aromatic heterocycles. The Labute approximate surface area is 96.5 Å². The summed E-state index contributed by atoms with van der Waals surface area (Å²) in [5.41, 5.74) is -0.525. The molecule has 14 heavy (non-hydrogen) atoms. The molecule has 1 atom stereocenters. The van der Waals surface area contributed by atoms with E-state index in [-0.39, 0.29) is 0 Å². The summed E-state index contributed by atoms with van der Waals surface area (Å²) in [6.07, 6.45) is 2.76. The summed E-state index contributed by atoms with van der Waals surface area (Å²) in [5.74, 6) is 0. The lowest BCUT2D eigenvalue weighted by atomic mass is 9.90. The SMILES string of the molecule is OC1(Cc2ccc(Br)s2)CCCNC1. The zero-order chi connectivity index (χ0) is 10.0. The number of rotatable bonds is 2. The van der Waals surface area contributed by atoms with Crippen LogP contribution in [0.4, 0.5) is 0 Å². The molecule has 1 unspecified atom stereocenters. The second-order valence-corrected chi connectivity index (χ2v) is 6.43. The van der Waals surface area contributed by atoms with E-state index in [0.717, 1.165) is 36.1 Å². The monoisotopic (exact) mass is 275 g/mol. The van der Waals surface area contributed by atoms with Crippen LogP contribution in [0.3, 0.4) is 0 Å². The fourth-order valence-corrected chi connectivity index (χ4v) is 3.49. The number of hydrogen-bond donors (Lipinski definition) is 2. The Hall–Kier alpha value is 0.1000. The molecule has 2 heterocycles. The van der Waals surface area contributed by atoms with Gasteiger partial charge in [-0.05, 0) is 47.4 Å². The van der Waals surface area contributed by atoms with Gasteiger partial charge in [-0.1, -0.05) is 0 Å². The van der Waals surface area contributed by atoms with Gasteiger partial charge in [0.2, 0.25) is 0 Å². The number of piperidine rings is 1. The Morgan fingerprint density at radius 1 is 1.57 bits per heavy atom. The molecule has 4 heteroatoms. The highest BCUT2D eigenvalue weighted by atomic mass is 79.9. The van der Waals surface area contributed by atoms with Gasteiger partial charge in [0.05, 0.1) is 9.39 Å². The number of thiophene rings is 1. The zero-order valence-corrected chi connectivity index (χ0v) is 10.3. The van der Waals surface area contributed by atoms with Crippen molar-refractivity contribution in [2.75, 3.05) is 13.1 Å². The fraction of sp³-hybridized carbons (Fsp3) is 0.600. The molecule has 1 aromatic rings. The van der Waals surface area contributed by atoms with Crippen LogP contribution >= 0.6 is 27.3 Å². The van der Waals surface area contributed by atoms with Gasteiger partial charge < -0.3 is 10.4 Å². The van der Waals surface area contributed by atoms with E-state index in [1.807, 2.05) is 6.07 Å². The minimum atomic E-state index is -0.525. The van der Waals surface area contributed by atoms with Crippen LogP contribution < -0.4 is 5.32 Å². The smallest absolute Gasteiger partial charge is 0.0820 e. The minimum absolute atomic E-state index is 0.525. The molecule has 1 aliphatic heterocycles. The predicted octanol–water partition coefficient (Wildman–Crippen LogP) is 2.17. The van der Waals surface area contributed by atoms with Gasteiger partial charge in [-0.3, -0.25) is 0 Å². The Morgan fingerprint density at radius 2 is 2.43 bits per heavy atom. The highest BCUT2D eigenvalue weighted by Gasteiger charge is 2.29. The first-order valence-electron chi connectivity index (χ1n) is 4.85. The van der Waals surface area contributed by atoms with E-state index in [2.05, 4.69) is 27.3 Å². The largest absolute Gasteiger partial charge is 0.388 e. The molecule has 2 nitrogen and oxygen atoms in total. The van der Waals surface area contributed by atoms with Crippen molar-refractivity contribution >= 4 is 27.3 Å². The highest BCUT2D eigenvalue weighted by molar-refractivity contribution is 9.11. The quantitative estimate of drug-likeness (QED) is 0.867. The van der Waals surface area contributed by atoms with Crippen LogP contribution in [0.5, 0.6) is 0 Å². The van der Waals surface area contributed by atoms with E-state index < -0.39 is 5.60 Å². The Morgan fingerprint density at radius 3 is 3.00 bits per heavy atom. The standard InChI is InChI=1S/C10H14BrNOS/c11-9-3-2-8(14-9)6-10(13)4-1-5-12-7-10/h2-3,12-13H,1,4-7H2. The van der Waals surface area contributed by atoms with Crippen molar-refractivity contribution in [1.82, 2.24) is 5.32 Å². The predicted molar refractivity (Wildman–Crippen MR) is 62.8 cm³/mol. The van der Waals surface area contributed by atoms with Gasteiger partial charge in [-0.15, -0.1) is 11.3 Å². The van der Waals surface area contributed by atoms with Gasteiger partial charge in [-0.25, -0.2) is 0 Å². The summed E-state index contributed by atoms with van der Waals surface area (Å²) < 4.78 is 1.14. The molecule has 1 saturated heterocycles. The maximum absolute atomic E-state index is 10.3. The van der Waals surface area contributed by atoms with Crippen LogP contribution in [0.25, 0.3) is 0 Å². The van der Waals surface area contributed by atoms with Crippen molar-refractivity contribution in [2.45, 2.75) is 24.9 Å². The lowest BCUT2D eigenvalue weighted by Gasteiger charge is -2.32. The molecule has 0 amide bonds. The van der Waals surface area contributed by atoms with Gasteiger partial charge in [0, 0.05) is 17.8 Å². The van der Waals surface area contributed by atoms with Crippen molar-refractivity contribution in [1.29, 1.82) is 0 Å². The second-order valence-electron chi connectivity index (χ2n) is 3.89. The average molecular weight is 276 g/mol. The third kappa shape index (κ3) is 2.57. The molecule has 2 N–H and O–H groups in total. The van der Waals surface area contributed by atoms with Crippen molar-refractivity contribution < 1.29 is 5.11 Å². The van der Waals surface area contributed by atoms with Gasteiger partial charge in [-0.2, -0.15) is 0 Å². The lowest BCUT2D eigenvalue weighted by molar-refractivity contribution is 0.0176. The third-order valence-corrected chi connectivity index (χ3v) is 4.21. The second kappa shape index (κ2) is 4.31. The molecule has 0 aliphatic carbocycles. The summed E-state index contributed by atoms with van der Waals surface area (Å²) in [4.78, 5) is 1.25. The molecule has 78 valence electrons. The number of aliphatic hydroxyl groups is 1. The summed E-state index contributed by atoms with van der Waals surface area (Å²) in [6.45, 7) is 1.76. The first-order chi connectivity index (χ1) is 6.68. The van der Waals surface area contributed by atoms with Crippen LogP contribution in [0.1, 0.15) is 17.7 Å². The maximum atomic E-state index is 10.3. The molecule has 0 spiro atoms. The lowest BCUT2D eigenvalue weighted by Crippen LogP contribution is -2.46. The van der Waals surface area contributed by atoms with Crippen molar-refractivity contribution in [3.63, 3.8) is 0 Å². The zero-order valence-electron chi connectivity index (χ0n) is 7.92. The molecule has 1 aliphatic rings. The summed E-state index contributed by atoms with van der Waals surface area (Å²) in [6, 6.07) is 4.13. The van der Waals surface area contributed by atoms with Crippen LogP contribution in [0.15, 0.2) is 15.9 Å². The van der Waals surface area contributed by atoms with Gasteiger partial charge in [0.25, 0.3) is 0 Å². The topological polar surface area (TPSA) is 32.3 Å². The number of β-amino-alcohol motifs (C(OH)–C–C–N with tert-alkyl or cyclic N) is 1. The Kier molecular flexibility index (Phi) is 3.27. The van der Waals surface area contributed by atoms with Crippen LogP contribution in [0.2, 0.25) is 0 Å². The Bertz CT molecular complexity index is 307. The number of halogens is 1. The Balaban J connectivity index is 2.01. The van der Waals surface area contributed by atoms with E-state index >= 15 is 0 Å². The summed E-state index contributed by atoms with van der Waals surface area (Å²) in [7, 11) is 0. The highest BCUT2D eigenvalue weighted by Crippen LogP contribution is 2.28. The average Bonchev–Trinajstić information content (AvgIpc) is 2.51. The molecular weight excluding hydrogens is 262 g/mol. The first-order valence-corrected chi connectivity index (χ1v) is 6.46. The van der Waals surface area contributed by atoms with E-state index in [4.69, 9.17) is 0 Å². The molecular formula is C10H14BrNOS. The number of hydrogen-bond acceptors (Lipinski definition) is 3. The summed E-state index contributed by atoms with van der Waals surface area (Å²) >= 11 is 5.14. The van der Waals surface area contributed by atoms with Crippen LogP contribution in [-0.4, -0.2) is 23.8 Å². The van der Waals surface area contributed by atoms with Crippen LogP contribution in [-0.2, 0) is 6.42 Å². The van der Waals surface area contributed by atoms with Crippen molar-refractivity contribution in [2.24, 2.45) is 0 Å². The van der Waals surface area contributed by atoms with Crippen LogP contribution in [0, 0.1) is 0 Å². The summed E-state index contributed by atoms with van der Waals surface area (Å²) in [5, 5.41) is 13.5. The van der Waals surface area contributed by atoms with E-state index in [1.165, 1.54) is 4.88 Å². The molecule has 2 rings (SSSR count). The molecule has 0 radical (unpaired) electrons. The van der Waals surface area contributed by atoms with Gasteiger partial charge in [0.1, 0.15) is 0 Å². The minimum Gasteiger partial charge on any atom is -0.388 e. The molecule has 0 aromatic carbocycles. The van der Waals surface area contributed by atoms with Gasteiger partial charge in [0.15, 0.2) is 0 Å². The third-order valence-electron chi connectivity index (χ3n) is 2.58. The molecule has 0 bridgehead atoms. The van der Waals surface area contributed by atoms with E-state index in [1.54, 1.807) is 11.3 Å². The van der Waals surface area contributed by atoms with E-state index in [0.29, 0.717) is 0 Å². The molecule has 0 saturated carbocycles. The van der Waals surface area contributed by atoms with Crippen molar-refractivity contribution in [3.8, 4) is 0 Å². The first kappa shape index (κ1) is 10.6.